The SMILES string of the molecule is CC(C)(C)CCN1C(=O)C(CC(=O)N2CCC(N3Cc4ccccc4NC3=O)CC2)SC12CCCCCC2.[HH]. The fourth-order valence-electron chi connectivity index (χ4n) is 6.54. The van der Waals surface area contributed by atoms with Gasteiger partial charge in [-0.1, -0.05) is 64.7 Å². The normalized spacial score (nSPS) is 24.4. The predicted octanol–water partition coefficient (Wildman–Crippen LogP) is 6.09. The van der Waals surface area contributed by atoms with Gasteiger partial charge in [0.1, 0.15) is 0 Å². The van der Waals surface area contributed by atoms with Crippen LogP contribution in [-0.4, -0.2) is 68.3 Å². The summed E-state index contributed by atoms with van der Waals surface area (Å²) in [4.78, 5) is 45.8. The maximum absolute atomic E-state index is 13.7. The average Bonchev–Trinajstić information content (AvgIpc) is 3.01. The molecule has 1 spiro atoms. The van der Waals surface area contributed by atoms with Crippen molar-refractivity contribution in [2.24, 2.45) is 5.41 Å². The lowest BCUT2D eigenvalue weighted by atomic mass is 9.91. The van der Waals surface area contributed by atoms with E-state index in [-0.39, 0.29) is 40.8 Å². The number of rotatable bonds is 5. The molecule has 4 amide bonds. The Kier molecular flexibility index (Phi) is 7.99. The van der Waals surface area contributed by atoms with Crippen molar-refractivity contribution in [2.45, 2.75) is 108 Å². The third-order valence-corrected chi connectivity index (χ3v) is 10.6. The van der Waals surface area contributed by atoms with E-state index in [1.165, 1.54) is 12.8 Å². The number of para-hydroxylation sites is 1. The van der Waals surface area contributed by atoms with E-state index in [1.54, 1.807) is 11.8 Å². The van der Waals surface area contributed by atoms with Gasteiger partial charge in [-0.2, -0.15) is 0 Å². The van der Waals surface area contributed by atoms with E-state index >= 15 is 0 Å². The Bertz CT molecular complexity index is 1040. The number of amides is 4. The summed E-state index contributed by atoms with van der Waals surface area (Å²) in [6.45, 7) is 9.37. The minimum Gasteiger partial charge on any atom is -0.342 e. The first-order chi connectivity index (χ1) is 18.2. The van der Waals surface area contributed by atoms with Crippen LogP contribution in [0.1, 0.15) is 92.0 Å². The molecular weight excluding hydrogens is 496 g/mol. The van der Waals surface area contributed by atoms with Gasteiger partial charge in [-0.25, -0.2) is 4.79 Å². The Morgan fingerprint density at radius 2 is 1.76 bits per heavy atom. The quantitative estimate of drug-likeness (QED) is 0.489. The van der Waals surface area contributed by atoms with E-state index in [0.29, 0.717) is 26.1 Å². The Morgan fingerprint density at radius 3 is 2.45 bits per heavy atom. The molecule has 8 heteroatoms. The van der Waals surface area contributed by atoms with Gasteiger partial charge in [0.25, 0.3) is 0 Å². The summed E-state index contributed by atoms with van der Waals surface area (Å²) in [6.07, 6.45) is 9.71. The summed E-state index contributed by atoms with van der Waals surface area (Å²) in [6, 6.07) is 8.01. The van der Waals surface area contributed by atoms with Crippen molar-refractivity contribution in [1.29, 1.82) is 0 Å². The molecule has 1 saturated carbocycles. The van der Waals surface area contributed by atoms with Crippen LogP contribution in [0.15, 0.2) is 24.3 Å². The summed E-state index contributed by atoms with van der Waals surface area (Å²) in [5, 5.41) is 2.74. The summed E-state index contributed by atoms with van der Waals surface area (Å²) in [7, 11) is 0. The molecule has 1 atom stereocenters. The molecule has 1 unspecified atom stereocenters. The summed E-state index contributed by atoms with van der Waals surface area (Å²) in [5.74, 6) is 0.261. The lowest BCUT2D eigenvalue weighted by Gasteiger charge is -2.40. The third kappa shape index (κ3) is 5.85. The van der Waals surface area contributed by atoms with Crippen molar-refractivity contribution in [3.05, 3.63) is 29.8 Å². The number of carbonyl (C=O) groups is 3. The number of likely N-dealkylation sites (tertiary alicyclic amines) is 1. The molecule has 7 nitrogen and oxygen atoms in total. The second-order valence-corrected chi connectivity index (χ2v) is 14.4. The van der Waals surface area contributed by atoms with E-state index in [2.05, 4.69) is 37.1 Å². The van der Waals surface area contributed by atoms with Crippen LogP contribution in [0.25, 0.3) is 0 Å². The Labute approximate surface area is 233 Å². The molecule has 3 aliphatic heterocycles. The highest BCUT2D eigenvalue weighted by atomic mass is 32.2. The highest BCUT2D eigenvalue weighted by molar-refractivity contribution is 8.02. The van der Waals surface area contributed by atoms with Gasteiger partial charge in [0.15, 0.2) is 0 Å². The van der Waals surface area contributed by atoms with Gasteiger partial charge in [0, 0.05) is 45.8 Å². The number of thioether (sulfide) groups is 1. The van der Waals surface area contributed by atoms with Crippen LogP contribution in [-0.2, 0) is 16.1 Å². The first kappa shape index (κ1) is 27.4. The zero-order chi connectivity index (χ0) is 26.9. The molecule has 3 fully saturated rings. The highest BCUT2D eigenvalue weighted by Gasteiger charge is 2.51. The zero-order valence-electron chi connectivity index (χ0n) is 23.3. The minimum absolute atomic E-state index is 0. The maximum atomic E-state index is 13.7. The van der Waals surface area contributed by atoms with Gasteiger partial charge in [0.2, 0.25) is 11.8 Å². The molecule has 0 radical (unpaired) electrons. The second kappa shape index (κ2) is 11.1. The molecule has 1 aromatic rings. The number of anilines is 1. The van der Waals surface area contributed by atoms with Crippen LogP contribution in [0.4, 0.5) is 10.5 Å². The van der Waals surface area contributed by atoms with Gasteiger partial charge < -0.3 is 20.0 Å². The Hall–Kier alpha value is -2.22. The first-order valence-corrected chi connectivity index (χ1v) is 15.5. The molecular formula is C30H46N4O3S. The van der Waals surface area contributed by atoms with Gasteiger partial charge in [-0.15, -0.1) is 11.8 Å². The van der Waals surface area contributed by atoms with Crippen LogP contribution in [0.5, 0.6) is 0 Å². The van der Waals surface area contributed by atoms with E-state index < -0.39 is 0 Å². The predicted molar refractivity (Wildman–Crippen MR) is 155 cm³/mol. The molecule has 4 aliphatic rings. The van der Waals surface area contributed by atoms with Crippen LogP contribution >= 0.6 is 11.8 Å². The number of piperidine rings is 1. The Morgan fingerprint density at radius 1 is 1.08 bits per heavy atom. The molecule has 1 aliphatic carbocycles. The number of nitrogens with zero attached hydrogens (tertiary/aromatic N) is 3. The number of hydrogen-bond donors (Lipinski definition) is 1. The molecule has 5 rings (SSSR count). The topological polar surface area (TPSA) is 73.0 Å². The molecule has 0 aromatic heterocycles. The average molecular weight is 543 g/mol. The fourth-order valence-corrected chi connectivity index (χ4v) is 8.36. The van der Waals surface area contributed by atoms with Crippen molar-refractivity contribution >= 4 is 35.3 Å². The number of fused-ring (bicyclic) bond motifs is 1. The molecule has 2 saturated heterocycles. The molecule has 1 N–H and O–H groups in total. The number of benzene rings is 1. The van der Waals surface area contributed by atoms with Gasteiger partial charge in [-0.3, -0.25) is 9.59 Å². The number of urea groups is 1. The molecule has 1 aromatic carbocycles. The number of hydrogen-bond acceptors (Lipinski definition) is 4. The largest absolute Gasteiger partial charge is 0.342 e. The summed E-state index contributed by atoms with van der Waals surface area (Å²) in [5.41, 5.74) is 2.19. The third-order valence-electron chi connectivity index (χ3n) is 8.84. The van der Waals surface area contributed by atoms with Gasteiger partial charge >= 0.3 is 6.03 Å². The zero-order valence-corrected chi connectivity index (χ0v) is 24.2. The molecule has 3 heterocycles. The second-order valence-electron chi connectivity index (χ2n) is 12.8. The van der Waals surface area contributed by atoms with Crippen LogP contribution in [0.2, 0.25) is 0 Å². The lowest BCUT2D eigenvalue weighted by Crippen LogP contribution is -2.51. The van der Waals surface area contributed by atoms with Gasteiger partial charge in [-0.05, 0) is 49.1 Å². The minimum atomic E-state index is -0.275. The van der Waals surface area contributed by atoms with E-state index in [9.17, 15) is 14.4 Å². The van der Waals surface area contributed by atoms with Crippen molar-refractivity contribution < 1.29 is 15.8 Å². The number of carbonyl (C=O) groups excluding carboxylic acids is 3. The van der Waals surface area contributed by atoms with Crippen molar-refractivity contribution in [3.63, 3.8) is 0 Å². The van der Waals surface area contributed by atoms with Crippen LogP contribution in [0, 0.1) is 5.41 Å². The van der Waals surface area contributed by atoms with Gasteiger partial charge in [0.05, 0.1) is 10.1 Å². The monoisotopic (exact) mass is 542 g/mol. The summed E-state index contributed by atoms with van der Waals surface area (Å²) < 4.78 is 0. The van der Waals surface area contributed by atoms with Crippen LogP contribution in [0.3, 0.4) is 0 Å². The molecule has 38 heavy (non-hydrogen) atoms. The van der Waals surface area contributed by atoms with Crippen LogP contribution < -0.4 is 5.32 Å². The van der Waals surface area contributed by atoms with Crippen molar-refractivity contribution in [1.82, 2.24) is 14.7 Å². The highest BCUT2D eigenvalue weighted by Crippen LogP contribution is 2.51. The van der Waals surface area contributed by atoms with E-state index in [4.69, 9.17) is 0 Å². The molecule has 210 valence electrons. The lowest BCUT2D eigenvalue weighted by molar-refractivity contribution is -0.138. The maximum Gasteiger partial charge on any atom is 0.322 e. The first-order valence-electron chi connectivity index (χ1n) is 14.6. The molecule has 0 bridgehead atoms. The van der Waals surface area contributed by atoms with E-state index in [1.807, 2.05) is 28.0 Å². The van der Waals surface area contributed by atoms with E-state index in [0.717, 1.165) is 62.7 Å². The van der Waals surface area contributed by atoms with Crippen molar-refractivity contribution in [2.75, 3.05) is 25.0 Å². The number of nitrogens with one attached hydrogen (secondary N) is 1. The smallest absolute Gasteiger partial charge is 0.322 e. The standard InChI is InChI=1S/C30H44N4O3S.H2/c1-29(2,3)16-19-34-27(36)25(38-30(34)14-8-4-5-9-15-30)20-26(35)32-17-12-23(13-18-32)33-21-22-10-6-7-11-24(22)31-28(33)37;/h6-7,10-11,23,25H,4-5,8-9,12-21H2,1-3H3,(H,31,37);1H. The summed E-state index contributed by atoms with van der Waals surface area (Å²) >= 11 is 1.79. The Balaban J connectivity index is 0.00000353. The van der Waals surface area contributed by atoms with Crippen molar-refractivity contribution in [3.8, 4) is 0 Å². The fraction of sp³-hybridized carbons (Fsp3) is 0.700.